The number of benzene rings is 1. The van der Waals surface area contributed by atoms with Crippen molar-refractivity contribution < 1.29 is 32.6 Å². The average Bonchev–Trinajstić information content (AvgIpc) is 2.40. The number of ether oxygens (including phenoxy) is 1. The fourth-order valence-electron chi connectivity index (χ4n) is 2.00. The lowest BCUT2D eigenvalue weighted by Crippen LogP contribution is -2.52. The van der Waals surface area contributed by atoms with E-state index < -0.39 is 29.7 Å². The molecule has 1 amide bonds. The summed E-state index contributed by atoms with van der Waals surface area (Å²) in [6.07, 6.45) is -4.43. The molecule has 1 unspecified atom stereocenters. The highest BCUT2D eigenvalue weighted by Gasteiger charge is 2.34. The van der Waals surface area contributed by atoms with Gasteiger partial charge in [-0.2, -0.15) is 13.2 Å². The molecule has 2 rings (SSSR count). The molecule has 1 atom stereocenters. The molecule has 1 aliphatic rings. The summed E-state index contributed by atoms with van der Waals surface area (Å²) in [5, 5.41) is 9.03. The first-order valence-corrected chi connectivity index (χ1v) is 6.05. The predicted molar refractivity (Wildman–Crippen MR) is 64.2 cm³/mol. The van der Waals surface area contributed by atoms with Crippen LogP contribution in [0.4, 0.5) is 13.2 Å². The van der Waals surface area contributed by atoms with Crippen LogP contribution < -0.4 is 0 Å². The van der Waals surface area contributed by atoms with E-state index in [4.69, 9.17) is 9.84 Å². The van der Waals surface area contributed by atoms with Gasteiger partial charge in [0.25, 0.3) is 0 Å². The first-order valence-electron chi connectivity index (χ1n) is 6.05. The third-order valence-corrected chi connectivity index (χ3v) is 3.12. The van der Waals surface area contributed by atoms with E-state index in [0.29, 0.717) is 5.56 Å². The summed E-state index contributed by atoms with van der Waals surface area (Å²) in [4.78, 5) is 23.9. The first kappa shape index (κ1) is 15.3. The number of amides is 1. The molecule has 1 aromatic rings. The SMILES string of the molecule is O=C(O)C1COCC(=O)N1Cc1ccc(C(F)(F)F)cc1. The second kappa shape index (κ2) is 5.72. The molecule has 21 heavy (non-hydrogen) atoms. The molecule has 0 spiro atoms. The van der Waals surface area contributed by atoms with Crippen molar-refractivity contribution in [3.8, 4) is 0 Å². The summed E-state index contributed by atoms with van der Waals surface area (Å²) in [5.41, 5.74) is -0.376. The van der Waals surface area contributed by atoms with Gasteiger partial charge in [-0.1, -0.05) is 12.1 Å². The third-order valence-electron chi connectivity index (χ3n) is 3.12. The molecule has 0 saturated carbocycles. The maximum atomic E-state index is 12.4. The van der Waals surface area contributed by atoms with Crippen LogP contribution >= 0.6 is 0 Å². The van der Waals surface area contributed by atoms with E-state index in [2.05, 4.69) is 0 Å². The summed E-state index contributed by atoms with van der Waals surface area (Å²) in [7, 11) is 0. The number of halogens is 3. The van der Waals surface area contributed by atoms with Crippen LogP contribution in [0.15, 0.2) is 24.3 Å². The highest BCUT2D eigenvalue weighted by atomic mass is 19.4. The number of hydrogen-bond acceptors (Lipinski definition) is 3. The molecule has 1 fully saturated rings. The number of carboxylic acid groups (broad SMARTS) is 1. The van der Waals surface area contributed by atoms with Gasteiger partial charge in [-0.3, -0.25) is 4.79 Å². The Balaban J connectivity index is 2.15. The molecular formula is C13H12F3NO4. The number of aliphatic carboxylic acids is 1. The summed E-state index contributed by atoms with van der Waals surface area (Å²) in [5.74, 6) is -1.72. The van der Waals surface area contributed by atoms with Crippen LogP contribution in [0.25, 0.3) is 0 Å². The molecule has 1 aliphatic heterocycles. The van der Waals surface area contributed by atoms with Gasteiger partial charge in [0.1, 0.15) is 6.61 Å². The third kappa shape index (κ3) is 3.52. The van der Waals surface area contributed by atoms with Gasteiger partial charge < -0.3 is 14.7 Å². The van der Waals surface area contributed by atoms with E-state index in [-0.39, 0.29) is 19.8 Å². The Kier molecular flexibility index (Phi) is 4.17. The van der Waals surface area contributed by atoms with Crippen molar-refractivity contribution in [2.45, 2.75) is 18.8 Å². The smallest absolute Gasteiger partial charge is 0.416 e. The van der Waals surface area contributed by atoms with Crippen LogP contribution in [-0.2, 0) is 27.0 Å². The molecule has 1 N–H and O–H groups in total. The van der Waals surface area contributed by atoms with Gasteiger partial charge in [0.05, 0.1) is 12.2 Å². The van der Waals surface area contributed by atoms with Crippen molar-refractivity contribution in [1.29, 1.82) is 0 Å². The van der Waals surface area contributed by atoms with E-state index in [0.717, 1.165) is 17.0 Å². The lowest BCUT2D eigenvalue weighted by molar-refractivity contribution is -0.163. The van der Waals surface area contributed by atoms with Gasteiger partial charge in [0.15, 0.2) is 6.04 Å². The highest BCUT2D eigenvalue weighted by molar-refractivity contribution is 5.85. The Bertz CT molecular complexity index is 541. The fraction of sp³-hybridized carbons (Fsp3) is 0.385. The Hall–Kier alpha value is -2.09. The Morgan fingerprint density at radius 1 is 1.33 bits per heavy atom. The van der Waals surface area contributed by atoms with E-state index in [1.54, 1.807) is 0 Å². The van der Waals surface area contributed by atoms with Crippen molar-refractivity contribution in [3.63, 3.8) is 0 Å². The second-order valence-corrected chi connectivity index (χ2v) is 4.59. The molecule has 1 heterocycles. The molecule has 1 saturated heterocycles. The summed E-state index contributed by atoms with van der Waals surface area (Å²) < 4.78 is 42.2. The normalized spacial score (nSPS) is 19.7. The molecule has 0 radical (unpaired) electrons. The van der Waals surface area contributed by atoms with Crippen LogP contribution in [-0.4, -0.2) is 41.1 Å². The minimum absolute atomic E-state index is 0.0721. The van der Waals surface area contributed by atoms with E-state index in [9.17, 15) is 22.8 Å². The number of carbonyl (C=O) groups excluding carboxylic acids is 1. The fourth-order valence-corrected chi connectivity index (χ4v) is 2.00. The van der Waals surface area contributed by atoms with E-state index >= 15 is 0 Å². The monoisotopic (exact) mass is 303 g/mol. The molecule has 1 aromatic carbocycles. The van der Waals surface area contributed by atoms with Crippen molar-refractivity contribution in [3.05, 3.63) is 35.4 Å². The number of morpholine rings is 1. The topological polar surface area (TPSA) is 66.8 Å². The number of nitrogens with zero attached hydrogens (tertiary/aromatic N) is 1. The highest BCUT2D eigenvalue weighted by Crippen LogP contribution is 2.29. The zero-order chi connectivity index (χ0) is 15.6. The zero-order valence-corrected chi connectivity index (χ0v) is 10.8. The molecular weight excluding hydrogens is 291 g/mol. The minimum Gasteiger partial charge on any atom is -0.480 e. The van der Waals surface area contributed by atoms with Gasteiger partial charge in [0, 0.05) is 6.54 Å². The number of carboxylic acids is 1. The molecule has 114 valence electrons. The number of rotatable bonds is 3. The van der Waals surface area contributed by atoms with Gasteiger partial charge in [-0.15, -0.1) is 0 Å². The predicted octanol–water partition coefficient (Wildman–Crippen LogP) is 1.52. The molecule has 0 aliphatic carbocycles. The minimum atomic E-state index is -4.43. The number of carbonyl (C=O) groups is 2. The Morgan fingerprint density at radius 3 is 2.48 bits per heavy atom. The number of alkyl halides is 3. The maximum Gasteiger partial charge on any atom is 0.416 e. The Morgan fingerprint density at radius 2 is 1.95 bits per heavy atom. The van der Waals surface area contributed by atoms with Crippen LogP contribution in [0.1, 0.15) is 11.1 Å². The summed E-state index contributed by atoms with van der Waals surface area (Å²) in [6.45, 7) is -0.441. The van der Waals surface area contributed by atoms with Crippen LogP contribution in [0.3, 0.4) is 0 Å². The molecule has 0 bridgehead atoms. The zero-order valence-electron chi connectivity index (χ0n) is 10.8. The molecule has 0 aromatic heterocycles. The summed E-state index contributed by atoms with van der Waals surface area (Å²) >= 11 is 0. The average molecular weight is 303 g/mol. The standard InChI is InChI=1S/C13H12F3NO4/c14-13(15,16)9-3-1-8(2-4-9)5-17-10(12(19)20)6-21-7-11(17)18/h1-4,10H,5-7H2,(H,19,20). The van der Waals surface area contributed by atoms with Crippen molar-refractivity contribution in [1.82, 2.24) is 4.90 Å². The second-order valence-electron chi connectivity index (χ2n) is 4.59. The van der Waals surface area contributed by atoms with Gasteiger partial charge in [-0.25, -0.2) is 4.79 Å². The molecule has 8 heteroatoms. The quantitative estimate of drug-likeness (QED) is 0.919. The van der Waals surface area contributed by atoms with E-state index in [1.165, 1.54) is 12.1 Å². The summed E-state index contributed by atoms with van der Waals surface area (Å²) in [6, 6.07) is 3.12. The van der Waals surface area contributed by atoms with Crippen molar-refractivity contribution in [2.24, 2.45) is 0 Å². The van der Waals surface area contributed by atoms with Crippen molar-refractivity contribution in [2.75, 3.05) is 13.2 Å². The Labute approximate surface area is 117 Å². The van der Waals surface area contributed by atoms with Gasteiger partial charge in [0.2, 0.25) is 5.91 Å². The van der Waals surface area contributed by atoms with Crippen LogP contribution in [0, 0.1) is 0 Å². The molecule has 5 nitrogen and oxygen atoms in total. The lowest BCUT2D eigenvalue weighted by atomic mass is 10.1. The maximum absolute atomic E-state index is 12.4. The van der Waals surface area contributed by atoms with Crippen LogP contribution in [0.5, 0.6) is 0 Å². The van der Waals surface area contributed by atoms with Crippen molar-refractivity contribution >= 4 is 11.9 Å². The van der Waals surface area contributed by atoms with Gasteiger partial charge in [-0.05, 0) is 17.7 Å². The number of hydrogen-bond donors (Lipinski definition) is 1. The van der Waals surface area contributed by atoms with Gasteiger partial charge >= 0.3 is 12.1 Å². The lowest BCUT2D eigenvalue weighted by Gasteiger charge is -2.32. The largest absolute Gasteiger partial charge is 0.480 e. The van der Waals surface area contributed by atoms with E-state index in [1.807, 2.05) is 0 Å². The first-order chi connectivity index (χ1) is 9.79. The van der Waals surface area contributed by atoms with Crippen LogP contribution in [0.2, 0.25) is 0 Å².